The van der Waals surface area contributed by atoms with E-state index in [1.165, 1.54) is 24.0 Å². The Bertz CT molecular complexity index is 305. The lowest BCUT2D eigenvalue weighted by Crippen LogP contribution is -2.33. The largest absolute Gasteiger partial charge is 0.330 e. The monoisotopic (exact) mass is 234 g/mol. The molecule has 1 aromatic carbocycles. The van der Waals surface area contributed by atoms with Crippen LogP contribution in [0.2, 0.25) is 0 Å². The van der Waals surface area contributed by atoms with Gasteiger partial charge in [0, 0.05) is 18.5 Å². The van der Waals surface area contributed by atoms with Crippen LogP contribution in [0, 0.1) is 0 Å². The highest BCUT2D eigenvalue weighted by molar-refractivity contribution is 5.26. The Morgan fingerprint density at radius 2 is 1.76 bits per heavy atom. The zero-order valence-corrected chi connectivity index (χ0v) is 11.2. The van der Waals surface area contributed by atoms with Crippen molar-refractivity contribution in [2.24, 2.45) is 11.5 Å². The van der Waals surface area contributed by atoms with Crippen molar-refractivity contribution in [3.05, 3.63) is 35.4 Å². The molecule has 2 unspecified atom stereocenters. The standard InChI is InChI=1S/C15H26N2/c1-3-5-6-15(17)14(11-16)13-9-7-12(4-2)8-10-13/h7-10,14-15H,3-6,11,16-17H2,1-2H3. The average molecular weight is 234 g/mol. The van der Waals surface area contributed by atoms with Crippen molar-refractivity contribution in [2.45, 2.75) is 51.5 Å². The first kappa shape index (κ1) is 14.2. The highest BCUT2D eigenvalue weighted by Gasteiger charge is 2.17. The third-order valence-corrected chi connectivity index (χ3v) is 3.48. The quantitative estimate of drug-likeness (QED) is 0.762. The fourth-order valence-corrected chi connectivity index (χ4v) is 2.20. The van der Waals surface area contributed by atoms with Crippen LogP contribution in [0.15, 0.2) is 24.3 Å². The van der Waals surface area contributed by atoms with Crippen molar-refractivity contribution >= 4 is 0 Å². The molecular formula is C15H26N2. The molecule has 1 rings (SSSR count). The maximum Gasteiger partial charge on any atom is 0.0120 e. The lowest BCUT2D eigenvalue weighted by molar-refractivity contribution is 0.487. The molecule has 0 bridgehead atoms. The summed E-state index contributed by atoms with van der Waals surface area (Å²) in [6, 6.07) is 8.92. The van der Waals surface area contributed by atoms with Gasteiger partial charge in [0.05, 0.1) is 0 Å². The molecule has 2 atom stereocenters. The first-order chi connectivity index (χ1) is 8.22. The van der Waals surface area contributed by atoms with Gasteiger partial charge < -0.3 is 11.5 Å². The van der Waals surface area contributed by atoms with Gasteiger partial charge in [0.2, 0.25) is 0 Å². The van der Waals surface area contributed by atoms with E-state index in [1.807, 2.05) is 0 Å². The maximum atomic E-state index is 6.24. The first-order valence-corrected chi connectivity index (χ1v) is 6.77. The van der Waals surface area contributed by atoms with Crippen LogP contribution < -0.4 is 11.5 Å². The van der Waals surface area contributed by atoms with Gasteiger partial charge in [-0.2, -0.15) is 0 Å². The molecular weight excluding hydrogens is 208 g/mol. The van der Waals surface area contributed by atoms with Gasteiger partial charge in [-0.25, -0.2) is 0 Å². The molecule has 0 radical (unpaired) electrons. The summed E-state index contributed by atoms with van der Waals surface area (Å²) in [5, 5.41) is 0. The number of nitrogens with two attached hydrogens (primary N) is 2. The Morgan fingerprint density at radius 3 is 2.24 bits per heavy atom. The van der Waals surface area contributed by atoms with Gasteiger partial charge in [-0.15, -0.1) is 0 Å². The van der Waals surface area contributed by atoms with Gasteiger partial charge in [-0.05, 0) is 24.0 Å². The molecule has 0 saturated carbocycles. The number of hydrogen-bond donors (Lipinski definition) is 2. The highest BCUT2D eigenvalue weighted by Crippen LogP contribution is 2.21. The van der Waals surface area contributed by atoms with E-state index in [9.17, 15) is 0 Å². The van der Waals surface area contributed by atoms with Crippen molar-refractivity contribution in [2.75, 3.05) is 6.54 Å². The molecule has 0 aromatic heterocycles. The van der Waals surface area contributed by atoms with Crippen molar-refractivity contribution in [1.82, 2.24) is 0 Å². The minimum absolute atomic E-state index is 0.187. The Kier molecular flexibility index (Phi) is 6.23. The van der Waals surface area contributed by atoms with E-state index < -0.39 is 0 Å². The Labute approximate surface area is 105 Å². The molecule has 0 aliphatic rings. The predicted octanol–water partition coefficient (Wildman–Crippen LogP) is 2.81. The highest BCUT2D eigenvalue weighted by atomic mass is 14.7. The van der Waals surface area contributed by atoms with E-state index in [-0.39, 0.29) is 6.04 Å². The summed E-state index contributed by atoms with van der Waals surface area (Å²) >= 11 is 0. The fraction of sp³-hybridized carbons (Fsp3) is 0.600. The second-order valence-electron chi connectivity index (χ2n) is 4.74. The Balaban J connectivity index is 2.70. The molecule has 1 aromatic rings. The Morgan fingerprint density at radius 1 is 1.12 bits per heavy atom. The van der Waals surface area contributed by atoms with E-state index in [2.05, 4.69) is 38.1 Å². The summed E-state index contributed by atoms with van der Waals surface area (Å²) < 4.78 is 0. The lowest BCUT2D eigenvalue weighted by atomic mass is 9.88. The molecule has 0 aliphatic carbocycles. The van der Waals surface area contributed by atoms with Crippen LogP contribution in [0.3, 0.4) is 0 Å². The third-order valence-electron chi connectivity index (χ3n) is 3.48. The van der Waals surface area contributed by atoms with Gasteiger partial charge in [0.1, 0.15) is 0 Å². The van der Waals surface area contributed by atoms with Gasteiger partial charge in [0.15, 0.2) is 0 Å². The summed E-state index contributed by atoms with van der Waals surface area (Å²) in [5.41, 5.74) is 14.8. The number of unbranched alkanes of at least 4 members (excludes halogenated alkanes) is 1. The molecule has 0 saturated heterocycles. The third kappa shape index (κ3) is 4.14. The molecule has 2 nitrogen and oxygen atoms in total. The molecule has 0 fully saturated rings. The predicted molar refractivity (Wildman–Crippen MR) is 75.1 cm³/mol. The minimum Gasteiger partial charge on any atom is -0.330 e. The van der Waals surface area contributed by atoms with Crippen LogP contribution in [-0.4, -0.2) is 12.6 Å². The lowest BCUT2D eigenvalue weighted by Gasteiger charge is -2.23. The molecule has 2 heteroatoms. The van der Waals surface area contributed by atoms with Crippen molar-refractivity contribution in [1.29, 1.82) is 0 Å². The summed E-state index contributed by atoms with van der Waals surface area (Å²) in [6.45, 7) is 5.00. The molecule has 17 heavy (non-hydrogen) atoms. The molecule has 0 amide bonds. The smallest absolute Gasteiger partial charge is 0.0120 e. The SMILES string of the molecule is CCCCC(N)C(CN)c1ccc(CC)cc1. The van der Waals surface area contributed by atoms with E-state index in [4.69, 9.17) is 11.5 Å². The molecule has 96 valence electrons. The van der Waals surface area contributed by atoms with Crippen molar-refractivity contribution in [3.8, 4) is 0 Å². The zero-order valence-electron chi connectivity index (χ0n) is 11.2. The first-order valence-electron chi connectivity index (χ1n) is 6.77. The van der Waals surface area contributed by atoms with Gasteiger partial charge in [-0.1, -0.05) is 51.0 Å². The summed E-state index contributed by atoms with van der Waals surface area (Å²) in [5.74, 6) is 0.299. The van der Waals surface area contributed by atoms with Crippen LogP contribution in [0.1, 0.15) is 50.2 Å². The van der Waals surface area contributed by atoms with Gasteiger partial charge >= 0.3 is 0 Å². The van der Waals surface area contributed by atoms with E-state index in [1.54, 1.807) is 0 Å². The van der Waals surface area contributed by atoms with E-state index >= 15 is 0 Å². The number of hydrogen-bond acceptors (Lipinski definition) is 2. The molecule has 4 N–H and O–H groups in total. The summed E-state index contributed by atoms with van der Waals surface area (Å²) in [6.07, 6.45) is 4.52. The van der Waals surface area contributed by atoms with Crippen molar-refractivity contribution < 1.29 is 0 Å². The van der Waals surface area contributed by atoms with E-state index in [0.29, 0.717) is 12.5 Å². The Hall–Kier alpha value is -0.860. The topological polar surface area (TPSA) is 52.0 Å². The van der Waals surface area contributed by atoms with Crippen LogP contribution in [0.25, 0.3) is 0 Å². The van der Waals surface area contributed by atoms with Gasteiger partial charge in [-0.3, -0.25) is 0 Å². The maximum absolute atomic E-state index is 6.24. The number of benzene rings is 1. The van der Waals surface area contributed by atoms with Crippen LogP contribution in [0.5, 0.6) is 0 Å². The minimum atomic E-state index is 0.187. The zero-order chi connectivity index (χ0) is 12.7. The van der Waals surface area contributed by atoms with Crippen molar-refractivity contribution in [3.63, 3.8) is 0 Å². The number of rotatable bonds is 7. The van der Waals surface area contributed by atoms with Crippen LogP contribution in [0.4, 0.5) is 0 Å². The van der Waals surface area contributed by atoms with Gasteiger partial charge in [0.25, 0.3) is 0 Å². The summed E-state index contributed by atoms with van der Waals surface area (Å²) in [4.78, 5) is 0. The number of aryl methyl sites for hydroxylation is 1. The van der Waals surface area contributed by atoms with Crippen LogP contribution >= 0.6 is 0 Å². The molecule has 0 aliphatic heterocycles. The van der Waals surface area contributed by atoms with Crippen LogP contribution in [-0.2, 0) is 6.42 Å². The fourth-order valence-electron chi connectivity index (χ4n) is 2.20. The molecule has 0 heterocycles. The average Bonchev–Trinajstić information content (AvgIpc) is 2.38. The molecule has 0 spiro atoms. The van der Waals surface area contributed by atoms with E-state index in [0.717, 1.165) is 12.8 Å². The second-order valence-corrected chi connectivity index (χ2v) is 4.74. The summed E-state index contributed by atoms with van der Waals surface area (Å²) in [7, 11) is 0. The second kappa shape index (κ2) is 7.46. The normalized spacial score (nSPS) is 14.6.